The lowest BCUT2D eigenvalue weighted by Gasteiger charge is -2.45. The van der Waals surface area contributed by atoms with E-state index in [-0.39, 0.29) is 24.2 Å². The van der Waals surface area contributed by atoms with Crippen LogP contribution >= 0.6 is 0 Å². The summed E-state index contributed by atoms with van der Waals surface area (Å²) < 4.78 is 24.3. The average Bonchev–Trinajstić information content (AvgIpc) is 2.87. The van der Waals surface area contributed by atoms with E-state index in [1.807, 2.05) is 30.3 Å². The summed E-state index contributed by atoms with van der Waals surface area (Å²) >= 11 is 0. The molecule has 0 fully saturated rings. The molecule has 0 unspecified atom stereocenters. The van der Waals surface area contributed by atoms with E-state index in [1.165, 1.54) is 12.1 Å². The van der Waals surface area contributed by atoms with Gasteiger partial charge in [-0.25, -0.2) is 4.39 Å². The highest BCUT2D eigenvalue weighted by molar-refractivity contribution is 6.01. The lowest BCUT2D eigenvalue weighted by atomic mass is 9.75. The Balaban J connectivity index is 1.57. The van der Waals surface area contributed by atoms with Crippen molar-refractivity contribution in [2.24, 2.45) is 0 Å². The number of nitrogens with zero attached hydrogens (tertiary/aromatic N) is 1. The standard InChI is InChI=1S/C27H25FN2O4/c1-33-22-13-17-11-12-30-25(21(17)14-23(22)34-2)24(19-5-3-4-6-20(19)27(30)32)26(31)29-15-16-7-9-18(28)10-8-16/h3-10,13-14,24-25H,11-12,15H2,1-2H3,(H,29,31)/t24-,25+/m0/s1. The number of ether oxygens (including phenoxy) is 2. The molecule has 3 aromatic carbocycles. The third-order valence-electron chi connectivity index (χ3n) is 6.69. The Kier molecular flexibility index (Phi) is 5.69. The number of rotatable bonds is 5. The van der Waals surface area contributed by atoms with Crippen molar-refractivity contribution in [3.8, 4) is 11.5 Å². The maximum Gasteiger partial charge on any atom is 0.254 e. The molecule has 1 N–H and O–H groups in total. The number of halogens is 1. The quantitative estimate of drug-likeness (QED) is 0.625. The predicted octanol–water partition coefficient (Wildman–Crippen LogP) is 4.00. The summed E-state index contributed by atoms with van der Waals surface area (Å²) in [6, 6.07) is 16.7. The van der Waals surface area contributed by atoms with Gasteiger partial charge in [0.25, 0.3) is 5.91 Å². The van der Waals surface area contributed by atoms with E-state index in [1.54, 1.807) is 37.3 Å². The molecule has 2 aliphatic heterocycles. The van der Waals surface area contributed by atoms with Crippen LogP contribution in [0.25, 0.3) is 0 Å². The average molecular weight is 461 g/mol. The molecule has 5 rings (SSSR count). The molecule has 0 aliphatic carbocycles. The molecule has 0 bridgehead atoms. The Morgan fingerprint density at radius 3 is 2.47 bits per heavy atom. The monoisotopic (exact) mass is 460 g/mol. The van der Waals surface area contributed by atoms with E-state index in [9.17, 15) is 14.0 Å². The van der Waals surface area contributed by atoms with Gasteiger partial charge in [-0.2, -0.15) is 0 Å². The molecule has 0 radical (unpaired) electrons. The Labute approximate surface area is 197 Å². The molecule has 3 aromatic rings. The fourth-order valence-corrected chi connectivity index (χ4v) is 5.04. The van der Waals surface area contributed by atoms with Crippen molar-refractivity contribution in [2.45, 2.75) is 24.9 Å². The SMILES string of the molecule is COc1cc2c(cc1OC)[C@@H]1[C@@H](C(=O)NCc3ccc(F)cc3)c3ccccc3C(=O)N1CC2. The Morgan fingerprint density at radius 2 is 1.74 bits per heavy atom. The Hall–Kier alpha value is -3.87. The van der Waals surface area contributed by atoms with Crippen LogP contribution in [0.4, 0.5) is 4.39 Å². The fourth-order valence-electron chi connectivity index (χ4n) is 5.04. The van der Waals surface area contributed by atoms with Crippen LogP contribution in [-0.2, 0) is 17.8 Å². The molecule has 0 aromatic heterocycles. The molecule has 2 aliphatic rings. The molecule has 2 heterocycles. The number of hydrogen-bond acceptors (Lipinski definition) is 4. The highest BCUT2D eigenvalue weighted by Crippen LogP contribution is 2.48. The lowest BCUT2D eigenvalue weighted by molar-refractivity contribution is -0.124. The third kappa shape index (κ3) is 3.67. The van der Waals surface area contributed by atoms with Gasteiger partial charge in [-0.1, -0.05) is 30.3 Å². The molecule has 2 atom stereocenters. The molecule has 2 amide bonds. The van der Waals surface area contributed by atoms with Gasteiger partial charge in [0, 0.05) is 18.7 Å². The van der Waals surface area contributed by atoms with E-state index in [4.69, 9.17) is 9.47 Å². The summed E-state index contributed by atoms with van der Waals surface area (Å²) in [6.45, 7) is 0.763. The fraction of sp³-hybridized carbons (Fsp3) is 0.259. The van der Waals surface area contributed by atoms with Crippen LogP contribution in [-0.4, -0.2) is 37.5 Å². The van der Waals surface area contributed by atoms with Gasteiger partial charge in [0.2, 0.25) is 5.91 Å². The first-order chi connectivity index (χ1) is 16.5. The van der Waals surface area contributed by atoms with Crippen molar-refractivity contribution in [3.05, 3.63) is 94.3 Å². The summed E-state index contributed by atoms with van der Waals surface area (Å²) in [5.74, 6) is -0.0277. The van der Waals surface area contributed by atoms with E-state index in [0.717, 1.165) is 16.7 Å². The highest BCUT2D eigenvalue weighted by Gasteiger charge is 2.46. The van der Waals surface area contributed by atoms with Crippen molar-refractivity contribution in [1.29, 1.82) is 0 Å². The van der Waals surface area contributed by atoms with Gasteiger partial charge in [-0.15, -0.1) is 0 Å². The summed E-state index contributed by atoms with van der Waals surface area (Å²) in [7, 11) is 3.16. The van der Waals surface area contributed by atoms with E-state index < -0.39 is 12.0 Å². The maximum atomic E-state index is 13.7. The number of methoxy groups -OCH3 is 2. The Morgan fingerprint density at radius 1 is 1.03 bits per heavy atom. The molecule has 34 heavy (non-hydrogen) atoms. The number of amides is 2. The molecular formula is C27H25FN2O4. The number of carbonyl (C=O) groups is 2. The summed E-state index contributed by atoms with van der Waals surface area (Å²) in [4.78, 5) is 28.9. The van der Waals surface area contributed by atoms with Gasteiger partial charge >= 0.3 is 0 Å². The number of hydrogen-bond donors (Lipinski definition) is 1. The molecule has 0 saturated carbocycles. The third-order valence-corrected chi connectivity index (χ3v) is 6.69. The molecule has 174 valence electrons. The lowest BCUT2D eigenvalue weighted by Crippen LogP contribution is -2.50. The van der Waals surface area contributed by atoms with Crippen molar-refractivity contribution in [3.63, 3.8) is 0 Å². The maximum absolute atomic E-state index is 13.7. The van der Waals surface area contributed by atoms with Crippen LogP contribution in [0, 0.1) is 5.82 Å². The minimum Gasteiger partial charge on any atom is -0.493 e. The van der Waals surface area contributed by atoms with Gasteiger partial charge in [-0.05, 0) is 59.0 Å². The zero-order chi connectivity index (χ0) is 23.8. The van der Waals surface area contributed by atoms with Crippen molar-refractivity contribution in [2.75, 3.05) is 20.8 Å². The summed E-state index contributed by atoms with van der Waals surface area (Å²) in [5, 5.41) is 3.00. The zero-order valence-corrected chi connectivity index (χ0v) is 19.0. The molecule has 6 nitrogen and oxygen atoms in total. The van der Waals surface area contributed by atoms with Crippen molar-refractivity contribution >= 4 is 11.8 Å². The summed E-state index contributed by atoms with van der Waals surface area (Å²) in [6.07, 6.45) is 0.657. The molecule has 0 saturated heterocycles. The van der Waals surface area contributed by atoms with Crippen molar-refractivity contribution in [1.82, 2.24) is 10.2 Å². The second kappa shape index (κ2) is 8.82. The number of fused-ring (bicyclic) bond motifs is 4. The van der Waals surface area contributed by atoms with Crippen LogP contribution in [0.5, 0.6) is 11.5 Å². The smallest absolute Gasteiger partial charge is 0.254 e. The molecule has 7 heteroatoms. The molecular weight excluding hydrogens is 435 g/mol. The van der Waals surface area contributed by atoms with Crippen LogP contribution < -0.4 is 14.8 Å². The minimum atomic E-state index is -0.605. The first kappa shape index (κ1) is 21.9. The van der Waals surface area contributed by atoms with Gasteiger partial charge in [0.15, 0.2) is 11.5 Å². The number of nitrogens with one attached hydrogen (secondary N) is 1. The Bertz CT molecular complexity index is 1260. The second-order valence-corrected chi connectivity index (χ2v) is 8.51. The summed E-state index contributed by atoms with van der Waals surface area (Å²) in [5.41, 5.74) is 3.95. The second-order valence-electron chi connectivity index (χ2n) is 8.51. The highest BCUT2D eigenvalue weighted by atomic mass is 19.1. The van der Waals surface area contributed by atoms with Crippen LogP contribution in [0.1, 0.15) is 44.6 Å². The van der Waals surface area contributed by atoms with E-state index in [0.29, 0.717) is 35.6 Å². The van der Waals surface area contributed by atoms with Gasteiger partial charge < -0.3 is 19.7 Å². The zero-order valence-electron chi connectivity index (χ0n) is 19.0. The van der Waals surface area contributed by atoms with Crippen LogP contribution in [0.3, 0.4) is 0 Å². The number of benzene rings is 3. The normalized spacial score (nSPS) is 18.4. The largest absolute Gasteiger partial charge is 0.493 e. The first-order valence-corrected chi connectivity index (χ1v) is 11.2. The minimum absolute atomic E-state index is 0.0800. The van der Waals surface area contributed by atoms with Crippen LogP contribution in [0.15, 0.2) is 60.7 Å². The van der Waals surface area contributed by atoms with E-state index >= 15 is 0 Å². The van der Waals surface area contributed by atoms with Crippen molar-refractivity contribution < 1.29 is 23.5 Å². The van der Waals surface area contributed by atoms with Gasteiger partial charge in [-0.3, -0.25) is 9.59 Å². The topological polar surface area (TPSA) is 67.9 Å². The van der Waals surface area contributed by atoms with Gasteiger partial charge in [0.1, 0.15) is 5.82 Å². The van der Waals surface area contributed by atoms with Crippen LogP contribution in [0.2, 0.25) is 0 Å². The first-order valence-electron chi connectivity index (χ1n) is 11.2. The van der Waals surface area contributed by atoms with Gasteiger partial charge in [0.05, 0.1) is 26.2 Å². The predicted molar refractivity (Wildman–Crippen MR) is 124 cm³/mol. The number of carbonyl (C=O) groups excluding carboxylic acids is 2. The van der Waals surface area contributed by atoms with E-state index in [2.05, 4.69) is 5.32 Å². The molecule has 0 spiro atoms.